The molecule has 2 heterocycles. The van der Waals surface area contributed by atoms with Gasteiger partial charge in [-0.05, 0) is 12.1 Å². The van der Waals surface area contributed by atoms with E-state index in [1.54, 1.807) is 6.20 Å². The molecule has 0 spiro atoms. The van der Waals surface area contributed by atoms with E-state index in [0.29, 0.717) is 0 Å². The van der Waals surface area contributed by atoms with Crippen LogP contribution in [0.3, 0.4) is 0 Å². The van der Waals surface area contributed by atoms with Crippen LogP contribution in [-0.2, 0) is 0 Å². The van der Waals surface area contributed by atoms with Gasteiger partial charge in [0.2, 0.25) is 0 Å². The molecule has 3 aromatic rings. The minimum Gasteiger partial charge on any atom is -0.356 e. The number of aromatic nitrogens is 3. The second-order valence-electron chi connectivity index (χ2n) is 2.63. The van der Waals surface area contributed by atoms with E-state index in [2.05, 4.69) is 20.0 Å². The van der Waals surface area contributed by atoms with Gasteiger partial charge in [-0.15, -0.1) is 0 Å². The molecule has 0 unspecified atom stereocenters. The zero-order valence-electron chi connectivity index (χ0n) is 7.57. The zero-order chi connectivity index (χ0) is 10.5. The Hall–Kier alpha value is -1.38. The predicted octanol–water partition coefficient (Wildman–Crippen LogP) is 0.423. The number of fused-ring (bicyclic) bond motifs is 1. The number of rotatable bonds is 0. The van der Waals surface area contributed by atoms with Gasteiger partial charge in [-0.1, -0.05) is 17.3 Å². The number of hydrogen-bond donors (Lipinski definition) is 0. The smallest absolute Gasteiger partial charge is 0.166 e. The summed E-state index contributed by atoms with van der Waals surface area (Å²) in [7, 11) is 0. The summed E-state index contributed by atoms with van der Waals surface area (Å²) in [6.07, 6.45) is 3.21. The Bertz CT molecular complexity index is 491. The van der Waals surface area contributed by atoms with Gasteiger partial charge in [0.15, 0.2) is 5.58 Å². The van der Waals surface area contributed by atoms with Gasteiger partial charge in [0.05, 0.1) is 6.20 Å². The van der Waals surface area contributed by atoms with Crippen molar-refractivity contribution in [3.05, 3.63) is 36.7 Å². The van der Waals surface area contributed by atoms with E-state index in [9.17, 15) is 0 Å². The Morgan fingerprint density at radius 2 is 2.07 bits per heavy atom. The van der Waals surface area contributed by atoms with Gasteiger partial charge in [0.1, 0.15) is 0 Å². The zero-order valence-corrected chi connectivity index (χ0v) is 10.1. The number of benzene rings is 1. The van der Waals surface area contributed by atoms with Crippen LogP contribution in [0.25, 0.3) is 11.0 Å². The fraction of sp³-hybridized carbons (Fsp3) is 0. The molecule has 0 aliphatic carbocycles. The van der Waals surface area contributed by atoms with Crippen molar-refractivity contribution in [1.29, 1.82) is 0 Å². The second-order valence-corrected chi connectivity index (χ2v) is 3.93. The van der Waals surface area contributed by atoms with Crippen molar-refractivity contribution in [3.8, 4) is 0 Å². The van der Waals surface area contributed by atoms with Crippen LogP contribution in [0.15, 0.2) is 45.8 Å². The molecule has 0 saturated carbocycles. The first-order valence-corrected chi connectivity index (χ1v) is 5.39. The van der Waals surface area contributed by atoms with Crippen LogP contribution in [0.2, 0.25) is 0 Å². The van der Waals surface area contributed by atoms with E-state index in [-0.39, 0.29) is 0 Å². The molecule has 0 atom stereocenters. The van der Waals surface area contributed by atoms with Crippen LogP contribution in [0.4, 0.5) is 0 Å². The average Bonchev–Trinajstić information content (AvgIpc) is 2.88. The Balaban J connectivity index is 0.000000124. The van der Waals surface area contributed by atoms with Crippen LogP contribution in [-0.4, -0.2) is 37.8 Å². The summed E-state index contributed by atoms with van der Waals surface area (Å²) in [6, 6.07) is 7.74. The summed E-state index contributed by atoms with van der Waals surface area (Å²) in [5, 5.41) is 11.4. The van der Waals surface area contributed by atoms with Gasteiger partial charge < -0.3 is 4.52 Å². The van der Waals surface area contributed by atoms with Gasteiger partial charge in [-0.2, -0.15) is 0 Å². The Kier molecular flexibility index (Phi) is 3.32. The summed E-state index contributed by atoms with van der Waals surface area (Å²) in [6.45, 7) is 0. The summed E-state index contributed by atoms with van der Waals surface area (Å²) < 4.78 is 10.1. The summed E-state index contributed by atoms with van der Waals surface area (Å²) in [4.78, 5) is 0. The van der Waals surface area contributed by atoms with Gasteiger partial charge >= 0.3 is 47.2 Å². The summed E-state index contributed by atoms with van der Waals surface area (Å²) in [5.74, 6) is 0. The molecule has 0 saturated heterocycles. The molecule has 2 aromatic heterocycles. The average molecular weight is 317 g/mol. The van der Waals surface area contributed by atoms with Gasteiger partial charge in [0, 0.05) is 5.39 Å². The predicted molar refractivity (Wildman–Crippen MR) is 55.1 cm³/mol. The van der Waals surface area contributed by atoms with Gasteiger partial charge in [-0.3, -0.25) is 0 Å². The van der Waals surface area contributed by atoms with Crippen molar-refractivity contribution in [1.82, 2.24) is 15.5 Å². The minimum absolute atomic E-state index is 0.845. The minimum atomic E-state index is 0.845. The molecule has 1 aromatic carbocycles. The molecule has 0 aliphatic rings. The molecule has 6 heteroatoms. The van der Waals surface area contributed by atoms with Crippen LogP contribution in [0.1, 0.15) is 0 Å². The van der Waals surface area contributed by atoms with E-state index >= 15 is 0 Å². The van der Waals surface area contributed by atoms with Crippen molar-refractivity contribution in [2.75, 3.05) is 0 Å². The molecule has 0 amide bonds. The van der Waals surface area contributed by atoms with E-state index < -0.39 is 0 Å². The van der Waals surface area contributed by atoms with Crippen molar-refractivity contribution >= 4 is 37.0 Å². The third-order valence-corrected chi connectivity index (χ3v) is 2.17. The number of nitrogens with zero attached hydrogens (tertiary/aromatic N) is 3. The molecular weight excluding hydrogens is 310 g/mol. The molecule has 76 valence electrons. The molecule has 0 N–H and O–H groups in total. The molecule has 0 radical (unpaired) electrons. The quantitative estimate of drug-likeness (QED) is 0.563. The fourth-order valence-corrected chi connectivity index (χ4v) is 1.21. The molecule has 5 nitrogen and oxygen atoms in total. The SMILES string of the molecule is [TeH]c1conn1.c1ccc2oncc2c1. The maximum Gasteiger partial charge on any atom is 0.166 e. The number of para-hydroxylation sites is 1. The van der Waals surface area contributed by atoms with Crippen molar-refractivity contribution in [3.63, 3.8) is 0 Å². The summed E-state index contributed by atoms with van der Waals surface area (Å²) >= 11 is 1.50. The monoisotopic (exact) mass is 319 g/mol. The maximum atomic E-state index is 4.87. The molecule has 3 rings (SSSR count). The van der Waals surface area contributed by atoms with Crippen molar-refractivity contribution in [2.24, 2.45) is 0 Å². The first-order valence-electron chi connectivity index (χ1n) is 4.12. The Labute approximate surface area is 98.3 Å². The molecule has 0 aliphatic heterocycles. The standard InChI is InChI=1S/C7H5NO.C2H2N2OTe/c1-2-4-7-6(3-1)5-8-9-7;6-2-1-5-4-3-2/h1-5H;1,6H. The van der Waals surface area contributed by atoms with Crippen LogP contribution in [0, 0.1) is 0 Å². The van der Waals surface area contributed by atoms with Crippen molar-refractivity contribution in [2.45, 2.75) is 0 Å². The third kappa shape index (κ3) is 2.78. The molecule has 0 bridgehead atoms. The second kappa shape index (κ2) is 4.91. The van der Waals surface area contributed by atoms with Crippen LogP contribution < -0.4 is 3.74 Å². The molecule has 0 fully saturated rings. The summed E-state index contributed by atoms with van der Waals surface area (Å²) in [5.41, 5.74) is 0.845. The molecule has 15 heavy (non-hydrogen) atoms. The van der Waals surface area contributed by atoms with Crippen molar-refractivity contribution < 1.29 is 9.05 Å². The van der Waals surface area contributed by atoms with E-state index in [0.717, 1.165) is 14.7 Å². The van der Waals surface area contributed by atoms with Crippen LogP contribution >= 0.6 is 0 Å². The van der Waals surface area contributed by atoms with Gasteiger partial charge in [-0.25, -0.2) is 0 Å². The topological polar surface area (TPSA) is 65.0 Å². The maximum absolute atomic E-state index is 4.87. The Morgan fingerprint density at radius 3 is 2.67 bits per heavy atom. The van der Waals surface area contributed by atoms with Crippen LogP contribution in [0.5, 0.6) is 0 Å². The van der Waals surface area contributed by atoms with E-state index in [1.807, 2.05) is 24.3 Å². The van der Waals surface area contributed by atoms with Gasteiger partial charge in [0.25, 0.3) is 0 Å². The molecular formula is C9H7N3O2Te. The third-order valence-electron chi connectivity index (χ3n) is 1.61. The largest absolute Gasteiger partial charge is 0.356 e. The Morgan fingerprint density at radius 1 is 1.20 bits per heavy atom. The first-order chi connectivity index (χ1) is 7.36. The normalized spacial score (nSPS) is 9.67. The first kappa shape index (κ1) is 10.1. The fourth-order valence-electron chi connectivity index (χ4n) is 0.970. The van der Waals surface area contributed by atoms with E-state index in [4.69, 9.17) is 4.52 Å². The number of hydrogen-bond acceptors (Lipinski definition) is 5. The van der Waals surface area contributed by atoms with E-state index in [1.165, 1.54) is 28.6 Å².